The van der Waals surface area contributed by atoms with Crippen LogP contribution in [0.4, 0.5) is 14.7 Å². The second-order valence-electron chi connectivity index (χ2n) is 5.17. The fourth-order valence-corrected chi connectivity index (χ4v) is 2.44. The second-order valence-corrected chi connectivity index (χ2v) is 5.17. The van der Waals surface area contributed by atoms with Crippen LogP contribution in [-0.2, 0) is 0 Å². The maximum absolute atomic E-state index is 14.0. The number of nitrogen functional groups attached to an aromatic ring is 1. The maximum atomic E-state index is 14.0. The Hall–Kier alpha value is -1.65. The minimum atomic E-state index is -0.877. The van der Waals surface area contributed by atoms with Crippen LogP contribution in [0.3, 0.4) is 0 Å². The van der Waals surface area contributed by atoms with Gasteiger partial charge < -0.3 is 10.3 Å². The Labute approximate surface area is 111 Å². The molecule has 0 aliphatic heterocycles. The van der Waals surface area contributed by atoms with Crippen LogP contribution in [0.2, 0.25) is 0 Å². The number of fused-ring (bicyclic) bond motifs is 1. The molecular formula is C14H19F2N3. The summed E-state index contributed by atoms with van der Waals surface area (Å²) in [7, 11) is 0. The average Bonchev–Trinajstić information content (AvgIpc) is 2.71. The summed E-state index contributed by atoms with van der Waals surface area (Å²) in [5.74, 6) is -1.03. The molecule has 2 rings (SSSR count). The summed E-state index contributed by atoms with van der Waals surface area (Å²) in [6.45, 7) is 6.18. The van der Waals surface area contributed by atoms with Gasteiger partial charge in [0.15, 0.2) is 11.6 Å². The third kappa shape index (κ3) is 2.41. The molecule has 19 heavy (non-hydrogen) atoms. The van der Waals surface area contributed by atoms with Gasteiger partial charge in [-0.25, -0.2) is 13.8 Å². The molecule has 0 amide bonds. The van der Waals surface area contributed by atoms with Gasteiger partial charge in [0.2, 0.25) is 5.95 Å². The Morgan fingerprint density at radius 3 is 2.63 bits per heavy atom. The molecule has 0 aliphatic rings. The number of aromatic nitrogens is 2. The molecule has 0 fully saturated rings. The first-order valence-corrected chi connectivity index (χ1v) is 6.57. The quantitative estimate of drug-likeness (QED) is 0.913. The zero-order valence-electron chi connectivity index (χ0n) is 11.5. The van der Waals surface area contributed by atoms with Crippen molar-refractivity contribution in [3.05, 3.63) is 23.8 Å². The summed E-state index contributed by atoms with van der Waals surface area (Å²) in [5.41, 5.74) is 6.41. The number of nitrogens with zero attached hydrogens (tertiary/aromatic N) is 2. The molecule has 0 spiro atoms. The van der Waals surface area contributed by atoms with E-state index in [2.05, 4.69) is 18.8 Å². The summed E-state index contributed by atoms with van der Waals surface area (Å²) in [6.07, 6.45) is 1.88. The van der Waals surface area contributed by atoms with Gasteiger partial charge in [-0.1, -0.05) is 20.3 Å². The lowest BCUT2D eigenvalue weighted by Gasteiger charge is -2.19. The number of hydrogen-bond donors (Lipinski definition) is 1. The third-order valence-corrected chi connectivity index (χ3v) is 3.65. The summed E-state index contributed by atoms with van der Waals surface area (Å²) < 4.78 is 28.9. The number of nitrogens with two attached hydrogens (primary N) is 1. The van der Waals surface area contributed by atoms with Crippen molar-refractivity contribution in [1.29, 1.82) is 0 Å². The third-order valence-electron chi connectivity index (χ3n) is 3.65. The molecule has 0 saturated heterocycles. The average molecular weight is 267 g/mol. The summed E-state index contributed by atoms with van der Waals surface area (Å²) >= 11 is 0. The molecule has 0 radical (unpaired) electrons. The first kappa shape index (κ1) is 13.8. The molecule has 1 aromatic carbocycles. The van der Waals surface area contributed by atoms with Gasteiger partial charge in [0.05, 0.1) is 5.52 Å². The molecule has 5 heteroatoms. The lowest BCUT2D eigenvalue weighted by Crippen LogP contribution is -2.12. The standard InChI is InChI=1S/C14H19F2N3/c1-4-8(2)7-9(3)19-13-11(18-14(19)17)6-5-10(15)12(13)16/h5-6,8-9H,4,7H2,1-3H3,(H2,17,18). The van der Waals surface area contributed by atoms with Gasteiger partial charge in [-0.15, -0.1) is 0 Å². The first-order chi connectivity index (χ1) is 8.95. The van der Waals surface area contributed by atoms with E-state index in [-0.39, 0.29) is 17.5 Å². The summed E-state index contributed by atoms with van der Waals surface area (Å²) in [5, 5.41) is 0. The Kier molecular flexibility index (Phi) is 3.73. The zero-order valence-corrected chi connectivity index (χ0v) is 11.5. The van der Waals surface area contributed by atoms with Gasteiger partial charge in [-0.2, -0.15) is 0 Å². The van der Waals surface area contributed by atoms with E-state index in [1.54, 1.807) is 4.57 Å². The van der Waals surface area contributed by atoms with Gasteiger partial charge >= 0.3 is 0 Å². The summed E-state index contributed by atoms with van der Waals surface area (Å²) in [4.78, 5) is 4.10. The molecule has 1 aromatic heterocycles. The van der Waals surface area contributed by atoms with Crippen LogP contribution in [0.5, 0.6) is 0 Å². The van der Waals surface area contributed by atoms with Gasteiger partial charge in [-0.05, 0) is 31.4 Å². The Morgan fingerprint density at radius 1 is 1.32 bits per heavy atom. The van der Waals surface area contributed by atoms with Crippen LogP contribution in [0.1, 0.15) is 39.7 Å². The van der Waals surface area contributed by atoms with E-state index in [4.69, 9.17) is 5.73 Å². The van der Waals surface area contributed by atoms with Gasteiger partial charge in [0, 0.05) is 6.04 Å². The highest BCUT2D eigenvalue weighted by molar-refractivity contribution is 5.79. The lowest BCUT2D eigenvalue weighted by molar-refractivity contribution is 0.404. The van der Waals surface area contributed by atoms with E-state index in [0.29, 0.717) is 11.4 Å². The highest BCUT2D eigenvalue weighted by atomic mass is 19.2. The van der Waals surface area contributed by atoms with Gasteiger partial charge in [-0.3, -0.25) is 0 Å². The molecule has 0 saturated carbocycles. The molecule has 0 aliphatic carbocycles. The van der Waals surface area contributed by atoms with E-state index in [1.165, 1.54) is 6.07 Å². The van der Waals surface area contributed by atoms with E-state index >= 15 is 0 Å². The number of imidazole rings is 1. The van der Waals surface area contributed by atoms with Crippen molar-refractivity contribution in [2.24, 2.45) is 5.92 Å². The molecule has 1 heterocycles. The molecule has 0 bridgehead atoms. The maximum Gasteiger partial charge on any atom is 0.201 e. The van der Waals surface area contributed by atoms with Crippen LogP contribution in [-0.4, -0.2) is 9.55 Å². The summed E-state index contributed by atoms with van der Waals surface area (Å²) in [6, 6.07) is 2.51. The molecular weight excluding hydrogens is 248 g/mol. The SMILES string of the molecule is CCC(C)CC(C)n1c(N)nc2ccc(F)c(F)c21. The van der Waals surface area contributed by atoms with E-state index in [9.17, 15) is 8.78 Å². The second kappa shape index (κ2) is 5.15. The number of hydrogen-bond acceptors (Lipinski definition) is 2. The van der Waals surface area contributed by atoms with Crippen molar-refractivity contribution < 1.29 is 8.78 Å². The number of halogens is 2. The van der Waals surface area contributed by atoms with Gasteiger partial charge in [0.1, 0.15) is 5.52 Å². The van der Waals surface area contributed by atoms with Crippen molar-refractivity contribution in [3.8, 4) is 0 Å². The molecule has 2 unspecified atom stereocenters. The van der Waals surface area contributed by atoms with Crippen molar-refractivity contribution >= 4 is 17.0 Å². The molecule has 2 atom stereocenters. The topological polar surface area (TPSA) is 43.8 Å². The number of benzene rings is 1. The molecule has 104 valence electrons. The minimum Gasteiger partial charge on any atom is -0.369 e. The van der Waals surface area contributed by atoms with E-state index in [0.717, 1.165) is 18.9 Å². The Morgan fingerprint density at radius 2 is 2.00 bits per heavy atom. The Bertz CT molecular complexity index is 592. The van der Waals surface area contributed by atoms with Crippen molar-refractivity contribution in [2.75, 3.05) is 5.73 Å². The largest absolute Gasteiger partial charge is 0.369 e. The predicted molar refractivity (Wildman–Crippen MR) is 72.8 cm³/mol. The number of anilines is 1. The van der Waals surface area contributed by atoms with E-state index < -0.39 is 11.6 Å². The first-order valence-electron chi connectivity index (χ1n) is 6.57. The smallest absolute Gasteiger partial charge is 0.201 e. The normalized spacial score (nSPS) is 14.8. The van der Waals surface area contributed by atoms with Crippen molar-refractivity contribution in [2.45, 2.75) is 39.7 Å². The lowest BCUT2D eigenvalue weighted by atomic mass is 10.00. The van der Waals surface area contributed by atoms with Crippen LogP contribution < -0.4 is 5.73 Å². The highest BCUT2D eigenvalue weighted by Crippen LogP contribution is 2.29. The van der Waals surface area contributed by atoms with Crippen molar-refractivity contribution in [3.63, 3.8) is 0 Å². The van der Waals surface area contributed by atoms with Crippen LogP contribution in [0.15, 0.2) is 12.1 Å². The molecule has 3 nitrogen and oxygen atoms in total. The predicted octanol–water partition coefficient (Wildman–Crippen LogP) is 3.89. The molecule has 2 aromatic rings. The van der Waals surface area contributed by atoms with E-state index in [1.807, 2.05) is 6.92 Å². The minimum absolute atomic E-state index is 0.0174. The number of rotatable bonds is 4. The molecule has 2 N–H and O–H groups in total. The monoisotopic (exact) mass is 267 g/mol. The fraction of sp³-hybridized carbons (Fsp3) is 0.500. The Balaban J connectivity index is 2.53. The van der Waals surface area contributed by atoms with Crippen LogP contribution in [0, 0.1) is 17.6 Å². The van der Waals surface area contributed by atoms with Crippen LogP contribution in [0.25, 0.3) is 11.0 Å². The highest BCUT2D eigenvalue weighted by Gasteiger charge is 2.20. The van der Waals surface area contributed by atoms with Crippen molar-refractivity contribution in [1.82, 2.24) is 9.55 Å². The zero-order chi connectivity index (χ0) is 14.2. The fourth-order valence-electron chi connectivity index (χ4n) is 2.44. The van der Waals surface area contributed by atoms with Gasteiger partial charge in [0.25, 0.3) is 0 Å². The van der Waals surface area contributed by atoms with Crippen LogP contribution >= 0.6 is 0 Å².